The fourth-order valence-electron chi connectivity index (χ4n) is 6.79. The van der Waals surface area contributed by atoms with Crippen molar-refractivity contribution in [1.29, 1.82) is 0 Å². The van der Waals surface area contributed by atoms with Crippen molar-refractivity contribution in [1.82, 2.24) is 25.0 Å². The fraction of sp³-hybridized carbons (Fsp3) is 0.576. The molecule has 8 nitrogen and oxygen atoms in total. The third kappa shape index (κ3) is 8.93. The van der Waals surface area contributed by atoms with Crippen LogP contribution in [0.1, 0.15) is 44.2 Å². The first-order chi connectivity index (χ1) is 21.6. The monoisotopic (exact) mass is 644 g/mol. The minimum atomic E-state index is -4.35. The highest BCUT2D eigenvalue weighted by Crippen LogP contribution is 2.39. The molecule has 5 aliphatic rings. The average Bonchev–Trinajstić information content (AvgIpc) is 3.81. The summed E-state index contributed by atoms with van der Waals surface area (Å²) in [6.07, 6.45) is 6.24. The topological polar surface area (TPSA) is 86.2 Å². The standard InChI is InChI=1S/C15H16F3N5.C12H18N2S.C6H13N/c1-20-6-9-7-21-14(22-9)13-5-10-11(19)3-2-4-12(10)23(13)8-15(16,17)18;1-2-11-8-15-12(13-11)14-6-9-3-4-10(5-9)7-14;1-7-5-3-2-4-6-7/h2-5,20H,6-8,19H2,1H3;2,8-10,12-13H,1,3-7H2;2-6H2,1H3. The smallest absolute Gasteiger partial charge is 0.398 e. The maximum atomic E-state index is 13.0. The summed E-state index contributed by atoms with van der Waals surface area (Å²) in [7, 11) is 3.97. The maximum absolute atomic E-state index is 13.0. The van der Waals surface area contributed by atoms with Gasteiger partial charge in [0.2, 0.25) is 0 Å². The van der Waals surface area contributed by atoms with Crippen molar-refractivity contribution in [3.63, 3.8) is 0 Å². The molecule has 3 unspecified atom stereocenters. The number of piperidine rings is 2. The number of nitrogen functional groups attached to an aromatic ring is 1. The number of halogens is 3. The van der Waals surface area contributed by atoms with E-state index in [4.69, 9.17) is 5.73 Å². The summed E-state index contributed by atoms with van der Waals surface area (Å²) in [5.41, 5.74) is 9.54. The number of allylic oxidation sites excluding steroid dienone is 1. The number of anilines is 1. The Morgan fingerprint density at radius 2 is 1.89 bits per heavy atom. The highest BCUT2D eigenvalue weighted by Gasteiger charge is 2.36. The number of thioether (sulfide) groups is 1. The van der Waals surface area contributed by atoms with Gasteiger partial charge in [0, 0.05) is 36.4 Å². The molecular formula is C33H47F3N8S. The Hall–Kier alpha value is -2.80. The van der Waals surface area contributed by atoms with Crippen LogP contribution in [0.3, 0.4) is 0 Å². The second-order valence-corrected chi connectivity index (χ2v) is 13.6. The van der Waals surface area contributed by atoms with Crippen LogP contribution in [-0.4, -0.2) is 91.0 Å². The number of rotatable bonds is 6. The lowest BCUT2D eigenvalue weighted by Gasteiger charge is -2.35. The van der Waals surface area contributed by atoms with Crippen LogP contribution in [0.5, 0.6) is 0 Å². The van der Waals surface area contributed by atoms with Crippen molar-refractivity contribution < 1.29 is 13.2 Å². The van der Waals surface area contributed by atoms with E-state index in [-0.39, 0.29) is 0 Å². The van der Waals surface area contributed by atoms with Crippen molar-refractivity contribution >= 4 is 39.9 Å². The second-order valence-electron chi connectivity index (χ2n) is 12.6. The number of nitrogens with two attached hydrogens (primary N) is 1. The number of nitrogens with one attached hydrogen (secondary N) is 2. The van der Waals surface area contributed by atoms with E-state index in [0.29, 0.717) is 46.7 Å². The first-order valence-electron chi connectivity index (χ1n) is 16.0. The number of alkyl halides is 3. The van der Waals surface area contributed by atoms with E-state index in [9.17, 15) is 13.2 Å². The highest BCUT2D eigenvalue weighted by atomic mass is 32.2. The van der Waals surface area contributed by atoms with Gasteiger partial charge in [0.15, 0.2) is 5.84 Å². The summed E-state index contributed by atoms with van der Waals surface area (Å²) < 4.78 is 40.1. The van der Waals surface area contributed by atoms with Crippen LogP contribution in [-0.2, 0) is 6.54 Å². The molecule has 4 N–H and O–H groups in total. The summed E-state index contributed by atoms with van der Waals surface area (Å²) in [6, 6.07) is 6.55. The van der Waals surface area contributed by atoms with E-state index < -0.39 is 12.7 Å². The molecule has 246 valence electrons. The van der Waals surface area contributed by atoms with Gasteiger partial charge in [-0.15, -0.1) is 0 Å². The van der Waals surface area contributed by atoms with Crippen molar-refractivity contribution in [2.75, 3.05) is 59.1 Å². The Kier molecular flexibility index (Phi) is 11.3. The van der Waals surface area contributed by atoms with Crippen LogP contribution >= 0.6 is 11.8 Å². The van der Waals surface area contributed by atoms with Crippen molar-refractivity contribution in [3.05, 3.63) is 53.7 Å². The predicted octanol–water partition coefficient (Wildman–Crippen LogP) is 5.67. The van der Waals surface area contributed by atoms with Crippen LogP contribution < -0.4 is 16.4 Å². The quantitative estimate of drug-likeness (QED) is 0.352. The lowest BCUT2D eigenvalue weighted by atomic mass is 9.99. The summed E-state index contributed by atoms with van der Waals surface area (Å²) in [6.45, 7) is 8.86. The lowest BCUT2D eigenvalue weighted by Crippen LogP contribution is -2.46. The molecule has 1 saturated carbocycles. The summed E-state index contributed by atoms with van der Waals surface area (Å²) in [5, 5.41) is 9.23. The van der Waals surface area contributed by atoms with Gasteiger partial charge in [-0.1, -0.05) is 30.8 Å². The largest absolute Gasteiger partial charge is 0.406 e. The molecular weight excluding hydrogens is 597 g/mol. The minimum absolute atomic E-state index is 0.315. The van der Waals surface area contributed by atoms with Crippen LogP contribution in [0.25, 0.3) is 10.9 Å². The van der Waals surface area contributed by atoms with Crippen LogP contribution in [0, 0.1) is 11.8 Å². The van der Waals surface area contributed by atoms with Gasteiger partial charge in [0.25, 0.3) is 0 Å². The molecule has 0 spiro atoms. The summed E-state index contributed by atoms with van der Waals surface area (Å²) >= 11 is 1.89. The molecule has 2 saturated heterocycles. The van der Waals surface area contributed by atoms with Crippen molar-refractivity contribution in [2.24, 2.45) is 21.8 Å². The average molecular weight is 645 g/mol. The lowest BCUT2D eigenvalue weighted by molar-refractivity contribution is -0.139. The molecule has 1 aromatic carbocycles. The zero-order valence-corrected chi connectivity index (χ0v) is 27.3. The molecule has 1 aromatic heterocycles. The zero-order chi connectivity index (χ0) is 32.0. The first-order valence-corrected chi connectivity index (χ1v) is 16.9. The van der Waals surface area contributed by atoms with E-state index in [0.717, 1.165) is 17.5 Å². The van der Waals surface area contributed by atoms with Gasteiger partial charge in [-0.3, -0.25) is 9.89 Å². The Bertz CT molecular complexity index is 1400. The van der Waals surface area contributed by atoms with Crippen molar-refractivity contribution in [2.45, 2.75) is 56.7 Å². The van der Waals surface area contributed by atoms with E-state index in [1.807, 2.05) is 17.8 Å². The highest BCUT2D eigenvalue weighted by molar-refractivity contribution is 8.02. The van der Waals surface area contributed by atoms with E-state index in [1.54, 1.807) is 31.3 Å². The number of benzene rings is 1. The number of likely N-dealkylation sites (tertiary alicyclic amines) is 2. The summed E-state index contributed by atoms with van der Waals surface area (Å²) in [5.74, 6) is 2.26. The molecule has 0 amide bonds. The predicted molar refractivity (Wildman–Crippen MR) is 182 cm³/mol. The number of nitrogens with zero attached hydrogens (tertiary/aromatic N) is 5. The van der Waals surface area contributed by atoms with Crippen LogP contribution in [0.15, 0.2) is 58.0 Å². The number of amidine groups is 1. The van der Waals surface area contributed by atoms with Gasteiger partial charge in [0.1, 0.15) is 12.0 Å². The van der Waals surface area contributed by atoms with E-state index >= 15 is 0 Å². The Morgan fingerprint density at radius 1 is 1.16 bits per heavy atom. The van der Waals surface area contributed by atoms with Crippen LogP contribution in [0.4, 0.5) is 18.9 Å². The molecule has 4 aliphatic heterocycles. The van der Waals surface area contributed by atoms with E-state index in [1.165, 1.54) is 75.0 Å². The minimum Gasteiger partial charge on any atom is -0.398 e. The van der Waals surface area contributed by atoms with Crippen LogP contribution in [0.2, 0.25) is 0 Å². The number of hydrogen-bond donors (Lipinski definition) is 3. The number of fused-ring (bicyclic) bond motifs is 3. The Labute approximate surface area is 269 Å². The molecule has 5 heterocycles. The van der Waals surface area contributed by atoms with E-state index in [2.05, 4.69) is 49.5 Å². The molecule has 45 heavy (non-hydrogen) atoms. The third-order valence-electron chi connectivity index (χ3n) is 8.98. The SMILES string of the molecule is C=CC1=CSC(N2CC3CCC(C3)C2)N1.CN1CCCCC1.CNCC1=NC(c2cc3c(N)cccc3n2CC(F)(F)F)=NC1. The molecule has 3 fully saturated rings. The molecule has 0 radical (unpaired) electrons. The molecule has 2 aromatic rings. The third-order valence-corrected chi connectivity index (χ3v) is 10.0. The summed E-state index contributed by atoms with van der Waals surface area (Å²) in [4.78, 5) is 13.6. The Morgan fingerprint density at radius 3 is 2.49 bits per heavy atom. The van der Waals surface area contributed by atoms with Gasteiger partial charge >= 0.3 is 6.18 Å². The van der Waals surface area contributed by atoms with Crippen molar-refractivity contribution in [3.8, 4) is 0 Å². The van der Waals surface area contributed by atoms with Gasteiger partial charge in [-0.2, -0.15) is 13.2 Å². The molecule has 7 rings (SSSR count). The van der Waals surface area contributed by atoms with Gasteiger partial charge in [0.05, 0.1) is 23.5 Å². The maximum Gasteiger partial charge on any atom is 0.406 e. The fourth-order valence-corrected chi connectivity index (χ4v) is 7.78. The first kappa shape index (κ1) is 33.6. The number of aromatic nitrogens is 1. The molecule has 1 aliphatic carbocycles. The normalized spacial score (nSPS) is 25.0. The molecule has 3 atom stereocenters. The number of aliphatic imine (C=N–C) groups is 2. The van der Waals surface area contributed by atoms with Gasteiger partial charge < -0.3 is 25.8 Å². The molecule has 2 bridgehead atoms. The Balaban J connectivity index is 0.000000154. The second kappa shape index (κ2) is 15.2. The van der Waals surface area contributed by atoms with Gasteiger partial charge in [-0.05, 0) is 101 Å². The van der Waals surface area contributed by atoms with Gasteiger partial charge in [-0.25, -0.2) is 4.99 Å². The zero-order valence-electron chi connectivity index (χ0n) is 26.5. The number of hydrogen-bond acceptors (Lipinski definition) is 8. The molecule has 12 heteroatoms.